The van der Waals surface area contributed by atoms with Gasteiger partial charge in [0.15, 0.2) is 0 Å². The second kappa shape index (κ2) is 4.27. The fraction of sp³-hybridized carbons (Fsp3) is 0.923. The predicted octanol–water partition coefficient (Wildman–Crippen LogP) is 3.04. The van der Waals surface area contributed by atoms with E-state index in [0.29, 0.717) is 0 Å². The Balaban J connectivity index is 1.89. The van der Waals surface area contributed by atoms with Gasteiger partial charge in [0.05, 0.1) is 0 Å². The third-order valence-electron chi connectivity index (χ3n) is 3.69. The van der Waals surface area contributed by atoms with Gasteiger partial charge < -0.3 is 9.64 Å². The van der Waals surface area contributed by atoms with Crippen LogP contribution < -0.4 is 0 Å². The third-order valence-corrected chi connectivity index (χ3v) is 3.69. The molecule has 3 heteroatoms. The van der Waals surface area contributed by atoms with Crippen molar-refractivity contribution in [3.63, 3.8) is 0 Å². The van der Waals surface area contributed by atoms with E-state index in [0.717, 1.165) is 24.9 Å². The number of nitrogens with zero attached hydrogens (tertiary/aromatic N) is 1. The lowest BCUT2D eigenvalue weighted by Crippen LogP contribution is -2.44. The molecule has 1 amide bonds. The van der Waals surface area contributed by atoms with Crippen molar-refractivity contribution < 1.29 is 9.53 Å². The highest BCUT2D eigenvalue weighted by atomic mass is 16.6. The van der Waals surface area contributed by atoms with E-state index in [1.807, 2.05) is 25.7 Å². The largest absolute Gasteiger partial charge is 0.444 e. The van der Waals surface area contributed by atoms with Crippen molar-refractivity contribution in [1.82, 2.24) is 4.90 Å². The van der Waals surface area contributed by atoms with Crippen LogP contribution in [-0.2, 0) is 4.74 Å². The molecule has 1 saturated heterocycles. The fourth-order valence-corrected chi connectivity index (χ4v) is 2.92. The number of likely N-dealkylation sites (tertiary alicyclic amines) is 1. The molecule has 2 fully saturated rings. The Kier molecular flexibility index (Phi) is 3.13. The van der Waals surface area contributed by atoms with Crippen LogP contribution >= 0.6 is 0 Å². The molecule has 0 spiro atoms. The molecule has 1 aliphatic carbocycles. The molecule has 2 aliphatic rings. The summed E-state index contributed by atoms with van der Waals surface area (Å²) in [6.07, 6.45) is 5.05. The predicted molar refractivity (Wildman–Crippen MR) is 63.3 cm³/mol. The highest BCUT2D eigenvalue weighted by Crippen LogP contribution is 2.37. The highest BCUT2D eigenvalue weighted by Gasteiger charge is 2.35. The number of carbonyl (C=O) groups excluding carboxylic acids is 1. The monoisotopic (exact) mass is 225 g/mol. The lowest BCUT2D eigenvalue weighted by atomic mass is 9.89. The summed E-state index contributed by atoms with van der Waals surface area (Å²) in [5.74, 6) is 1.61. The van der Waals surface area contributed by atoms with Crippen molar-refractivity contribution in [3.8, 4) is 0 Å². The Morgan fingerprint density at radius 1 is 1.19 bits per heavy atom. The SMILES string of the molecule is CC(C)(C)OC(=O)N1CC[C@H]2CCC[C@H]2C1. The van der Waals surface area contributed by atoms with Gasteiger partial charge >= 0.3 is 6.09 Å². The van der Waals surface area contributed by atoms with Crippen molar-refractivity contribution in [3.05, 3.63) is 0 Å². The molecule has 0 radical (unpaired) electrons. The third kappa shape index (κ3) is 2.69. The minimum absolute atomic E-state index is 0.127. The quantitative estimate of drug-likeness (QED) is 0.634. The molecule has 3 nitrogen and oxygen atoms in total. The van der Waals surface area contributed by atoms with E-state index in [1.54, 1.807) is 0 Å². The Hall–Kier alpha value is -0.730. The Morgan fingerprint density at radius 2 is 1.88 bits per heavy atom. The van der Waals surface area contributed by atoms with Gasteiger partial charge in [0, 0.05) is 13.1 Å². The lowest BCUT2D eigenvalue weighted by molar-refractivity contribution is 0.0127. The molecule has 1 aliphatic heterocycles. The van der Waals surface area contributed by atoms with E-state index in [-0.39, 0.29) is 11.7 Å². The lowest BCUT2D eigenvalue weighted by Gasteiger charge is -2.36. The van der Waals surface area contributed by atoms with Gasteiger partial charge in [-0.3, -0.25) is 0 Å². The Bertz CT molecular complexity index is 270. The van der Waals surface area contributed by atoms with Crippen molar-refractivity contribution >= 4 is 6.09 Å². The van der Waals surface area contributed by atoms with Crippen LogP contribution in [0.4, 0.5) is 4.79 Å². The van der Waals surface area contributed by atoms with Crippen LogP contribution in [0.5, 0.6) is 0 Å². The molecule has 1 saturated carbocycles. The molecule has 2 atom stereocenters. The van der Waals surface area contributed by atoms with Crippen molar-refractivity contribution in [2.45, 2.75) is 52.1 Å². The number of hydrogen-bond acceptors (Lipinski definition) is 2. The average Bonchev–Trinajstić information content (AvgIpc) is 2.61. The van der Waals surface area contributed by atoms with E-state index in [4.69, 9.17) is 4.74 Å². The van der Waals surface area contributed by atoms with Crippen LogP contribution in [0.15, 0.2) is 0 Å². The van der Waals surface area contributed by atoms with Gasteiger partial charge in [-0.15, -0.1) is 0 Å². The van der Waals surface area contributed by atoms with Gasteiger partial charge in [0.2, 0.25) is 0 Å². The van der Waals surface area contributed by atoms with E-state index >= 15 is 0 Å². The summed E-state index contributed by atoms with van der Waals surface area (Å²) in [6.45, 7) is 7.57. The van der Waals surface area contributed by atoms with Gasteiger partial charge in [-0.05, 0) is 45.4 Å². The number of hydrogen-bond donors (Lipinski definition) is 0. The zero-order valence-electron chi connectivity index (χ0n) is 10.7. The molecule has 0 aromatic rings. The van der Waals surface area contributed by atoms with Crippen LogP contribution in [0, 0.1) is 11.8 Å². The van der Waals surface area contributed by atoms with E-state index in [1.165, 1.54) is 25.7 Å². The van der Waals surface area contributed by atoms with Crippen molar-refractivity contribution in [2.75, 3.05) is 13.1 Å². The molecule has 2 rings (SSSR count). The number of amides is 1. The first-order valence-electron chi connectivity index (χ1n) is 6.43. The second-order valence-electron chi connectivity index (χ2n) is 6.17. The maximum atomic E-state index is 11.9. The molecule has 0 aromatic heterocycles. The summed E-state index contributed by atoms with van der Waals surface area (Å²) in [6, 6.07) is 0. The molecule has 0 N–H and O–H groups in total. The Labute approximate surface area is 98.1 Å². The van der Waals surface area contributed by atoms with E-state index < -0.39 is 0 Å². The molecule has 0 aromatic carbocycles. The van der Waals surface area contributed by atoms with Crippen LogP contribution in [0.3, 0.4) is 0 Å². The minimum atomic E-state index is -0.371. The first-order valence-corrected chi connectivity index (χ1v) is 6.43. The molecular formula is C13H23NO2. The summed E-state index contributed by atoms with van der Waals surface area (Å²) in [5.41, 5.74) is -0.371. The smallest absolute Gasteiger partial charge is 0.410 e. The van der Waals surface area contributed by atoms with Gasteiger partial charge in [-0.1, -0.05) is 12.8 Å². The maximum absolute atomic E-state index is 11.9. The molecular weight excluding hydrogens is 202 g/mol. The van der Waals surface area contributed by atoms with Crippen molar-refractivity contribution in [2.24, 2.45) is 11.8 Å². The van der Waals surface area contributed by atoms with Crippen LogP contribution in [0.2, 0.25) is 0 Å². The second-order valence-corrected chi connectivity index (χ2v) is 6.17. The van der Waals surface area contributed by atoms with Crippen LogP contribution in [0.25, 0.3) is 0 Å². The minimum Gasteiger partial charge on any atom is -0.444 e. The van der Waals surface area contributed by atoms with Gasteiger partial charge in [0.1, 0.15) is 5.60 Å². The van der Waals surface area contributed by atoms with E-state index in [9.17, 15) is 4.79 Å². The van der Waals surface area contributed by atoms with Gasteiger partial charge in [-0.2, -0.15) is 0 Å². The van der Waals surface area contributed by atoms with Gasteiger partial charge in [0.25, 0.3) is 0 Å². The van der Waals surface area contributed by atoms with Crippen LogP contribution in [0.1, 0.15) is 46.5 Å². The average molecular weight is 225 g/mol. The molecule has 1 heterocycles. The number of ether oxygens (including phenoxy) is 1. The fourth-order valence-electron chi connectivity index (χ4n) is 2.92. The molecule has 0 bridgehead atoms. The zero-order chi connectivity index (χ0) is 11.8. The topological polar surface area (TPSA) is 29.5 Å². The summed E-state index contributed by atoms with van der Waals surface area (Å²) >= 11 is 0. The van der Waals surface area contributed by atoms with E-state index in [2.05, 4.69) is 0 Å². The molecule has 92 valence electrons. The summed E-state index contributed by atoms with van der Waals surface area (Å²) in [4.78, 5) is 13.8. The molecule has 16 heavy (non-hydrogen) atoms. The zero-order valence-corrected chi connectivity index (χ0v) is 10.7. The number of carbonyl (C=O) groups is 1. The first-order chi connectivity index (χ1) is 7.46. The van der Waals surface area contributed by atoms with Gasteiger partial charge in [-0.25, -0.2) is 4.79 Å². The van der Waals surface area contributed by atoms with Crippen LogP contribution in [-0.4, -0.2) is 29.7 Å². The number of piperidine rings is 1. The summed E-state index contributed by atoms with van der Waals surface area (Å²) in [5, 5.41) is 0. The first kappa shape index (κ1) is 11.7. The summed E-state index contributed by atoms with van der Waals surface area (Å²) in [7, 11) is 0. The summed E-state index contributed by atoms with van der Waals surface area (Å²) < 4.78 is 5.41. The maximum Gasteiger partial charge on any atom is 0.410 e. The molecule has 0 unspecified atom stereocenters. The highest BCUT2D eigenvalue weighted by molar-refractivity contribution is 5.68. The Morgan fingerprint density at radius 3 is 2.56 bits per heavy atom. The normalized spacial score (nSPS) is 30.1. The number of fused-ring (bicyclic) bond motifs is 1. The number of rotatable bonds is 0. The standard InChI is InChI=1S/C13H23NO2/c1-13(2,3)16-12(15)14-8-7-10-5-4-6-11(10)9-14/h10-11H,4-9H2,1-3H3/t10-,11+/m1/s1. The van der Waals surface area contributed by atoms with Crippen molar-refractivity contribution in [1.29, 1.82) is 0 Å².